The van der Waals surface area contributed by atoms with E-state index in [0.29, 0.717) is 23.6 Å². The highest BCUT2D eigenvalue weighted by atomic mass is 35.5. The highest BCUT2D eigenvalue weighted by Gasteiger charge is 2.09. The second kappa shape index (κ2) is 5.36. The largest absolute Gasteiger partial charge is 0.369 e. The van der Waals surface area contributed by atoms with E-state index in [1.807, 2.05) is 7.05 Å². The number of H-pyrrole nitrogens is 1. The van der Waals surface area contributed by atoms with Crippen LogP contribution < -0.4 is 11.3 Å². The van der Waals surface area contributed by atoms with Crippen molar-refractivity contribution in [3.8, 4) is 0 Å². The fourth-order valence-corrected chi connectivity index (χ4v) is 2.00. The molecule has 0 saturated carbocycles. The highest BCUT2D eigenvalue weighted by Crippen LogP contribution is 2.05. The van der Waals surface area contributed by atoms with Gasteiger partial charge in [0, 0.05) is 25.5 Å². The molecule has 18 heavy (non-hydrogen) atoms. The molecule has 0 bridgehead atoms. The first-order valence-corrected chi connectivity index (χ1v) is 6.10. The monoisotopic (exact) mass is 270 g/mol. The van der Waals surface area contributed by atoms with E-state index < -0.39 is 0 Å². The molecular formula is C10H15ClN6O. The maximum Gasteiger partial charge on any atom is 0.278 e. The number of nitrogens with one attached hydrogen (secondary N) is 1. The maximum absolute atomic E-state index is 11.8. The van der Waals surface area contributed by atoms with Crippen molar-refractivity contribution >= 4 is 28.7 Å². The smallest absolute Gasteiger partial charge is 0.278 e. The lowest BCUT2D eigenvalue weighted by Gasteiger charge is -2.14. The van der Waals surface area contributed by atoms with Gasteiger partial charge in [-0.15, -0.1) is 11.6 Å². The number of nitrogens with two attached hydrogens (primary N) is 1. The molecule has 2 aromatic heterocycles. The molecule has 0 atom stereocenters. The lowest BCUT2D eigenvalue weighted by atomic mass is 10.4. The van der Waals surface area contributed by atoms with E-state index in [2.05, 4.69) is 19.9 Å². The number of nitrogen functional groups attached to an aromatic ring is 1. The lowest BCUT2D eigenvalue weighted by Crippen LogP contribution is -2.25. The Labute approximate surface area is 109 Å². The molecule has 0 aliphatic heterocycles. The summed E-state index contributed by atoms with van der Waals surface area (Å²) in [5.74, 6) is 0.664. The number of aromatic nitrogens is 4. The van der Waals surface area contributed by atoms with Gasteiger partial charge < -0.3 is 15.2 Å². The number of nitrogens with zero attached hydrogens (tertiary/aromatic N) is 4. The van der Waals surface area contributed by atoms with Crippen LogP contribution in [0.3, 0.4) is 0 Å². The average molecular weight is 271 g/mol. The van der Waals surface area contributed by atoms with Crippen molar-refractivity contribution in [1.29, 1.82) is 0 Å². The van der Waals surface area contributed by atoms with Gasteiger partial charge in [0.05, 0.1) is 6.33 Å². The summed E-state index contributed by atoms with van der Waals surface area (Å²) in [6, 6.07) is 0. The summed E-state index contributed by atoms with van der Waals surface area (Å²) in [6.45, 7) is 2.23. The molecular weight excluding hydrogens is 256 g/mol. The van der Waals surface area contributed by atoms with Gasteiger partial charge >= 0.3 is 0 Å². The molecule has 0 saturated heterocycles. The number of aromatic amines is 1. The number of alkyl halides is 1. The van der Waals surface area contributed by atoms with Crippen LogP contribution in [0.2, 0.25) is 0 Å². The van der Waals surface area contributed by atoms with E-state index >= 15 is 0 Å². The Bertz CT molecular complexity index is 592. The van der Waals surface area contributed by atoms with Gasteiger partial charge in [0.25, 0.3) is 5.56 Å². The molecule has 0 aromatic carbocycles. The number of likely N-dealkylation sites (N-methyl/N-ethyl adjacent to an activating group) is 1. The minimum atomic E-state index is -0.269. The van der Waals surface area contributed by atoms with Crippen molar-refractivity contribution < 1.29 is 0 Å². The normalized spacial score (nSPS) is 11.5. The van der Waals surface area contributed by atoms with E-state index in [-0.39, 0.29) is 11.5 Å². The third kappa shape index (κ3) is 2.62. The summed E-state index contributed by atoms with van der Waals surface area (Å²) in [5.41, 5.74) is 6.01. The molecule has 3 N–H and O–H groups in total. The van der Waals surface area contributed by atoms with Crippen LogP contribution in [-0.2, 0) is 6.54 Å². The summed E-state index contributed by atoms with van der Waals surface area (Å²) in [4.78, 5) is 24.4. The Morgan fingerprint density at radius 1 is 1.56 bits per heavy atom. The number of hydrogen-bond acceptors (Lipinski definition) is 5. The summed E-state index contributed by atoms with van der Waals surface area (Å²) in [7, 11) is 1.97. The molecule has 98 valence electrons. The summed E-state index contributed by atoms with van der Waals surface area (Å²) < 4.78 is 1.77. The van der Waals surface area contributed by atoms with Crippen LogP contribution in [0.5, 0.6) is 0 Å². The molecule has 0 spiro atoms. The standard InChI is InChI=1S/C10H15ClN6O/c1-16(3-2-11)4-5-17-6-13-8-7(17)9(18)15-10(12)14-8/h6H,2-5H2,1H3,(H3,12,14,15,18). The summed E-state index contributed by atoms with van der Waals surface area (Å²) in [6.07, 6.45) is 1.60. The van der Waals surface area contributed by atoms with Crippen LogP contribution in [0, 0.1) is 0 Å². The summed E-state index contributed by atoms with van der Waals surface area (Å²) >= 11 is 5.66. The van der Waals surface area contributed by atoms with Crippen LogP contribution in [0.1, 0.15) is 0 Å². The first kappa shape index (κ1) is 12.8. The number of fused-ring (bicyclic) bond motifs is 1. The van der Waals surface area contributed by atoms with Gasteiger partial charge in [0.2, 0.25) is 5.95 Å². The molecule has 8 heteroatoms. The molecule has 0 amide bonds. The topological polar surface area (TPSA) is 92.8 Å². The van der Waals surface area contributed by atoms with Crippen molar-refractivity contribution in [2.45, 2.75) is 6.54 Å². The first-order chi connectivity index (χ1) is 8.61. The number of anilines is 1. The zero-order valence-electron chi connectivity index (χ0n) is 10.1. The SMILES string of the molecule is CN(CCCl)CCn1cnc2nc(N)[nH]c(=O)c21. The highest BCUT2D eigenvalue weighted by molar-refractivity contribution is 6.18. The fraction of sp³-hybridized carbons (Fsp3) is 0.500. The minimum Gasteiger partial charge on any atom is -0.369 e. The van der Waals surface area contributed by atoms with Gasteiger partial charge in [0.15, 0.2) is 11.2 Å². The quantitative estimate of drug-likeness (QED) is 0.739. The van der Waals surface area contributed by atoms with Crippen molar-refractivity contribution in [1.82, 2.24) is 24.4 Å². The predicted molar refractivity (Wildman–Crippen MR) is 70.8 cm³/mol. The lowest BCUT2D eigenvalue weighted by molar-refractivity contribution is 0.339. The Balaban J connectivity index is 2.22. The molecule has 2 aromatic rings. The molecule has 0 radical (unpaired) electrons. The zero-order chi connectivity index (χ0) is 13.1. The van der Waals surface area contributed by atoms with E-state index in [0.717, 1.165) is 13.1 Å². The van der Waals surface area contributed by atoms with E-state index in [4.69, 9.17) is 17.3 Å². The van der Waals surface area contributed by atoms with Crippen LogP contribution >= 0.6 is 11.6 Å². The molecule has 0 unspecified atom stereocenters. The first-order valence-electron chi connectivity index (χ1n) is 5.57. The van der Waals surface area contributed by atoms with Gasteiger partial charge in [-0.05, 0) is 7.05 Å². The number of halogens is 1. The van der Waals surface area contributed by atoms with Gasteiger partial charge in [-0.1, -0.05) is 0 Å². The van der Waals surface area contributed by atoms with E-state index in [9.17, 15) is 4.79 Å². The van der Waals surface area contributed by atoms with Crippen LogP contribution in [-0.4, -0.2) is 50.4 Å². The Hall–Kier alpha value is -1.60. The predicted octanol–water partition coefficient (Wildman–Crippen LogP) is -0.128. The molecule has 0 aliphatic carbocycles. The third-order valence-corrected chi connectivity index (χ3v) is 2.86. The Morgan fingerprint density at radius 3 is 3.06 bits per heavy atom. The van der Waals surface area contributed by atoms with E-state index in [1.165, 1.54) is 0 Å². The maximum atomic E-state index is 11.8. The second-order valence-corrected chi connectivity index (χ2v) is 4.43. The fourth-order valence-electron chi connectivity index (χ4n) is 1.71. The van der Waals surface area contributed by atoms with Gasteiger partial charge in [0.1, 0.15) is 0 Å². The number of hydrogen-bond donors (Lipinski definition) is 2. The second-order valence-electron chi connectivity index (χ2n) is 4.05. The number of rotatable bonds is 5. The molecule has 7 nitrogen and oxygen atoms in total. The van der Waals surface area contributed by atoms with E-state index in [1.54, 1.807) is 10.9 Å². The molecule has 2 rings (SSSR count). The Kier molecular flexibility index (Phi) is 3.83. The van der Waals surface area contributed by atoms with Crippen LogP contribution in [0.25, 0.3) is 11.2 Å². The molecule has 2 heterocycles. The van der Waals surface area contributed by atoms with Crippen molar-refractivity contribution in [3.05, 3.63) is 16.7 Å². The molecule has 0 aliphatic rings. The van der Waals surface area contributed by atoms with Crippen molar-refractivity contribution in [3.63, 3.8) is 0 Å². The number of imidazole rings is 1. The van der Waals surface area contributed by atoms with Gasteiger partial charge in [-0.3, -0.25) is 9.78 Å². The Morgan fingerprint density at radius 2 is 2.33 bits per heavy atom. The van der Waals surface area contributed by atoms with Gasteiger partial charge in [-0.25, -0.2) is 4.98 Å². The average Bonchev–Trinajstić information content (AvgIpc) is 2.70. The molecule has 0 fully saturated rings. The zero-order valence-corrected chi connectivity index (χ0v) is 10.8. The summed E-state index contributed by atoms with van der Waals surface area (Å²) in [5, 5.41) is 0. The van der Waals surface area contributed by atoms with Gasteiger partial charge in [-0.2, -0.15) is 4.98 Å². The van der Waals surface area contributed by atoms with Crippen LogP contribution in [0.4, 0.5) is 5.95 Å². The van der Waals surface area contributed by atoms with Crippen molar-refractivity contribution in [2.75, 3.05) is 31.8 Å². The van der Waals surface area contributed by atoms with Crippen LogP contribution in [0.15, 0.2) is 11.1 Å². The van der Waals surface area contributed by atoms with Crippen molar-refractivity contribution in [2.24, 2.45) is 0 Å². The minimum absolute atomic E-state index is 0.0806. The third-order valence-electron chi connectivity index (χ3n) is 2.69.